The quantitative estimate of drug-likeness (QED) is 0.820. The van der Waals surface area contributed by atoms with Crippen molar-refractivity contribution in [3.63, 3.8) is 0 Å². The summed E-state index contributed by atoms with van der Waals surface area (Å²) in [4.78, 5) is 2.31. The number of nitrogens with zero attached hydrogens (tertiary/aromatic N) is 1. The van der Waals surface area contributed by atoms with Crippen LogP contribution in [0.15, 0.2) is 22.7 Å². The van der Waals surface area contributed by atoms with E-state index in [0.29, 0.717) is 17.7 Å². The highest BCUT2D eigenvalue weighted by molar-refractivity contribution is 9.10. The van der Waals surface area contributed by atoms with Gasteiger partial charge in [0.1, 0.15) is 12.4 Å². The molecule has 0 radical (unpaired) electrons. The van der Waals surface area contributed by atoms with Gasteiger partial charge in [-0.3, -0.25) is 4.90 Å². The van der Waals surface area contributed by atoms with Crippen LogP contribution < -0.4 is 4.74 Å². The molecule has 1 fully saturated rings. The molecule has 0 saturated heterocycles. The number of aliphatic hydroxyl groups excluding tert-OH is 1. The topological polar surface area (TPSA) is 32.7 Å². The van der Waals surface area contributed by atoms with Crippen molar-refractivity contribution in [1.82, 2.24) is 4.90 Å². The second kappa shape index (κ2) is 7.48. The van der Waals surface area contributed by atoms with E-state index in [9.17, 15) is 0 Å². The summed E-state index contributed by atoms with van der Waals surface area (Å²) < 4.78 is 6.63. The van der Waals surface area contributed by atoms with Crippen molar-refractivity contribution < 1.29 is 9.84 Å². The normalized spacial score (nSPS) is 15.6. The summed E-state index contributed by atoms with van der Waals surface area (Å²) in [6, 6.07) is 6.14. The van der Waals surface area contributed by atoms with E-state index in [1.807, 2.05) is 18.2 Å². The molecule has 0 aliphatic heterocycles. The van der Waals surface area contributed by atoms with Crippen LogP contribution >= 0.6 is 27.5 Å². The summed E-state index contributed by atoms with van der Waals surface area (Å²) in [7, 11) is 0. The highest BCUT2D eigenvalue weighted by Gasteiger charge is 2.24. The molecule has 1 saturated carbocycles. The van der Waals surface area contributed by atoms with E-state index in [0.717, 1.165) is 23.3 Å². The fourth-order valence-corrected chi connectivity index (χ4v) is 3.02. The summed E-state index contributed by atoms with van der Waals surface area (Å²) in [6.07, 6.45) is 3.78. The van der Waals surface area contributed by atoms with Crippen LogP contribution in [0.1, 0.15) is 19.3 Å². The number of hydrogen-bond acceptors (Lipinski definition) is 3. The van der Waals surface area contributed by atoms with Gasteiger partial charge in [-0.2, -0.15) is 0 Å². The first kappa shape index (κ1) is 15.1. The lowest BCUT2D eigenvalue weighted by Crippen LogP contribution is -2.43. The Hall–Kier alpha value is -0.290. The molecule has 106 valence electrons. The van der Waals surface area contributed by atoms with Crippen molar-refractivity contribution >= 4 is 27.5 Å². The molecule has 0 heterocycles. The van der Waals surface area contributed by atoms with Crippen molar-refractivity contribution in [2.45, 2.75) is 25.3 Å². The van der Waals surface area contributed by atoms with Crippen molar-refractivity contribution in [3.05, 3.63) is 27.7 Å². The van der Waals surface area contributed by atoms with Gasteiger partial charge in [-0.25, -0.2) is 0 Å². The number of hydrogen-bond donors (Lipinski definition) is 1. The van der Waals surface area contributed by atoms with Crippen molar-refractivity contribution in [1.29, 1.82) is 0 Å². The van der Waals surface area contributed by atoms with Crippen LogP contribution in [-0.4, -0.2) is 42.4 Å². The number of halogens is 2. The molecule has 0 bridgehead atoms. The first-order valence-corrected chi connectivity index (χ1v) is 7.80. The summed E-state index contributed by atoms with van der Waals surface area (Å²) in [5.74, 6) is 0.807. The molecule has 19 heavy (non-hydrogen) atoms. The average Bonchev–Trinajstić information content (AvgIpc) is 2.30. The van der Waals surface area contributed by atoms with Crippen LogP contribution in [0.2, 0.25) is 5.02 Å². The molecule has 1 aliphatic rings. The number of benzene rings is 1. The maximum atomic E-state index is 9.09. The van der Waals surface area contributed by atoms with E-state index in [4.69, 9.17) is 21.4 Å². The van der Waals surface area contributed by atoms with Crippen molar-refractivity contribution in [2.75, 3.05) is 26.3 Å². The van der Waals surface area contributed by atoms with Gasteiger partial charge in [0, 0.05) is 24.2 Å². The van der Waals surface area contributed by atoms with Gasteiger partial charge >= 0.3 is 0 Å². The van der Waals surface area contributed by atoms with Gasteiger partial charge in [-0.15, -0.1) is 0 Å². The molecule has 0 atom stereocenters. The first-order valence-electron chi connectivity index (χ1n) is 6.63. The number of rotatable bonds is 7. The predicted octanol–water partition coefficient (Wildman–Crippen LogP) is 3.33. The predicted molar refractivity (Wildman–Crippen MR) is 80.9 cm³/mol. The second-order valence-electron chi connectivity index (χ2n) is 4.77. The van der Waals surface area contributed by atoms with Crippen LogP contribution in [0, 0.1) is 0 Å². The van der Waals surface area contributed by atoms with Gasteiger partial charge < -0.3 is 9.84 Å². The molecule has 1 aliphatic carbocycles. The minimum Gasteiger partial charge on any atom is -0.491 e. The van der Waals surface area contributed by atoms with E-state index in [2.05, 4.69) is 20.8 Å². The zero-order chi connectivity index (χ0) is 13.7. The molecule has 0 spiro atoms. The van der Waals surface area contributed by atoms with Gasteiger partial charge in [-0.1, -0.05) is 18.0 Å². The Morgan fingerprint density at radius 3 is 2.74 bits per heavy atom. The minimum absolute atomic E-state index is 0.209. The van der Waals surface area contributed by atoms with Gasteiger partial charge in [0.05, 0.1) is 11.1 Å². The molecule has 2 rings (SSSR count). The van der Waals surface area contributed by atoms with Crippen LogP contribution in [0.5, 0.6) is 5.75 Å². The van der Waals surface area contributed by atoms with Crippen LogP contribution in [0.25, 0.3) is 0 Å². The van der Waals surface area contributed by atoms with E-state index in [1.165, 1.54) is 19.3 Å². The van der Waals surface area contributed by atoms with Crippen LogP contribution in [0.3, 0.4) is 0 Å². The zero-order valence-electron chi connectivity index (χ0n) is 10.8. The number of ether oxygens (including phenoxy) is 1. The van der Waals surface area contributed by atoms with Gasteiger partial charge in [-0.05, 0) is 47.0 Å². The van der Waals surface area contributed by atoms with E-state index in [1.54, 1.807) is 0 Å². The maximum absolute atomic E-state index is 9.09. The standard InChI is InChI=1S/C14H19BrClNO2/c15-13-10-11(16)4-5-14(13)19-9-7-17(6-8-18)12-2-1-3-12/h4-5,10,12,18H,1-3,6-9H2. The highest BCUT2D eigenvalue weighted by atomic mass is 79.9. The lowest BCUT2D eigenvalue weighted by Gasteiger charge is -2.37. The summed E-state index contributed by atoms with van der Waals surface area (Å²) >= 11 is 9.32. The Bertz CT molecular complexity index is 412. The third kappa shape index (κ3) is 4.35. The highest BCUT2D eigenvalue weighted by Crippen LogP contribution is 2.28. The maximum Gasteiger partial charge on any atom is 0.133 e. The molecule has 5 heteroatoms. The molecule has 1 N–H and O–H groups in total. The van der Waals surface area contributed by atoms with Gasteiger partial charge in [0.25, 0.3) is 0 Å². The molecule has 3 nitrogen and oxygen atoms in total. The second-order valence-corrected chi connectivity index (χ2v) is 6.06. The Kier molecular flexibility index (Phi) is 5.95. The smallest absolute Gasteiger partial charge is 0.133 e. The first-order chi connectivity index (χ1) is 9.20. The van der Waals surface area contributed by atoms with E-state index in [-0.39, 0.29) is 6.61 Å². The monoisotopic (exact) mass is 347 g/mol. The molecule has 1 aromatic carbocycles. The van der Waals surface area contributed by atoms with Crippen molar-refractivity contribution in [3.8, 4) is 5.75 Å². The van der Waals surface area contributed by atoms with Crippen LogP contribution in [0.4, 0.5) is 0 Å². The molecular formula is C14H19BrClNO2. The molecule has 1 aromatic rings. The molecule has 0 aromatic heterocycles. The lowest BCUT2D eigenvalue weighted by molar-refractivity contribution is 0.0859. The Morgan fingerprint density at radius 2 is 2.16 bits per heavy atom. The van der Waals surface area contributed by atoms with Crippen LogP contribution in [-0.2, 0) is 0 Å². The lowest BCUT2D eigenvalue weighted by atomic mass is 9.91. The average molecular weight is 349 g/mol. The molecular weight excluding hydrogens is 330 g/mol. The fraction of sp³-hybridized carbons (Fsp3) is 0.571. The summed E-state index contributed by atoms with van der Waals surface area (Å²) in [5, 5.41) is 9.78. The van der Waals surface area contributed by atoms with E-state index < -0.39 is 0 Å². The third-order valence-electron chi connectivity index (χ3n) is 3.51. The van der Waals surface area contributed by atoms with Gasteiger partial charge in [0.2, 0.25) is 0 Å². The van der Waals surface area contributed by atoms with Crippen molar-refractivity contribution in [2.24, 2.45) is 0 Å². The fourth-order valence-electron chi connectivity index (χ4n) is 2.22. The van der Waals surface area contributed by atoms with Gasteiger partial charge in [0.15, 0.2) is 0 Å². The molecule has 0 unspecified atom stereocenters. The third-order valence-corrected chi connectivity index (χ3v) is 4.36. The summed E-state index contributed by atoms with van der Waals surface area (Å²) in [6.45, 7) is 2.41. The summed E-state index contributed by atoms with van der Waals surface area (Å²) in [5.41, 5.74) is 0. The number of aliphatic hydroxyl groups is 1. The molecule has 0 amide bonds. The minimum atomic E-state index is 0.209. The van der Waals surface area contributed by atoms with E-state index >= 15 is 0 Å². The Labute approximate surface area is 127 Å². The Morgan fingerprint density at radius 1 is 1.37 bits per heavy atom. The SMILES string of the molecule is OCCN(CCOc1ccc(Cl)cc1Br)C1CCC1. The zero-order valence-corrected chi connectivity index (χ0v) is 13.2. The largest absolute Gasteiger partial charge is 0.491 e. The Balaban J connectivity index is 1.80.